The quantitative estimate of drug-likeness (QED) is 0.170. The van der Waals surface area contributed by atoms with E-state index in [2.05, 4.69) is 146 Å². The van der Waals surface area contributed by atoms with Crippen molar-refractivity contribution in [3.8, 4) is 44.9 Å². The van der Waals surface area contributed by atoms with Crippen molar-refractivity contribution in [3.05, 3.63) is 182 Å². The van der Waals surface area contributed by atoms with Crippen molar-refractivity contribution >= 4 is 76.3 Å². The van der Waals surface area contributed by atoms with E-state index in [1.54, 1.807) is 0 Å². The molecule has 12 rings (SSSR count). The zero-order chi connectivity index (χ0) is 36.7. The zero-order valence-electron chi connectivity index (χ0n) is 30.0. The largest absolute Gasteiger partial charge is 0.456 e. The molecule has 0 bridgehead atoms. The Morgan fingerprint density at radius 3 is 1.52 bits per heavy atom. The molecule has 0 amide bonds. The maximum Gasteiger partial charge on any atom is 0.180 e. The Morgan fingerprint density at radius 1 is 0.286 bits per heavy atom. The van der Waals surface area contributed by atoms with E-state index in [0.717, 1.165) is 77.5 Å². The third kappa shape index (κ3) is 4.73. The molecule has 12 aromatic rings. The van der Waals surface area contributed by atoms with Crippen LogP contribution in [0.25, 0.3) is 121 Å². The number of nitrogens with zero attached hydrogens (tertiary/aromatic N) is 2. The second-order valence-electron chi connectivity index (χ2n) is 14.5. The highest BCUT2D eigenvalue weighted by atomic mass is 16.3. The monoisotopic (exact) mass is 714 g/mol. The number of para-hydroxylation sites is 1. The summed E-state index contributed by atoms with van der Waals surface area (Å²) < 4.78 is 13.0. The number of fused-ring (bicyclic) bond motifs is 12. The standard InChI is InChI=1S/C52H30N2O2/c1-2-11-31(12-3-1)52-53-49(36-14-10-13-32(27-36)33-21-24-41-39-17-5-4-15-37(39)38-16-6-7-18-40(38)45(41)28-33)51-50(54-52)44-26-23-35(30-48(44)56-51)34-22-25-43-42-19-8-9-20-46(42)55-47(43)29-34/h1-30H. The van der Waals surface area contributed by atoms with E-state index in [1.165, 1.54) is 32.3 Å². The van der Waals surface area contributed by atoms with Gasteiger partial charge < -0.3 is 8.83 Å². The maximum atomic E-state index is 6.77. The van der Waals surface area contributed by atoms with Gasteiger partial charge >= 0.3 is 0 Å². The lowest BCUT2D eigenvalue weighted by Gasteiger charge is -2.12. The number of hydrogen-bond donors (Lipinski definition) is 0. The van der Waals surface area contributed by atoms with Gasteiger partial charge in [0.15, 0.2) is 11.4 Å². The first-order valence-corrected chi connectivity index (χ1v) is 18.9. The molecular weight excluding hydrogens is 685 g/mol. The van der Waals surface area contributed by atoms with E-state index in [0.29, 0.717) is 11.4 Å². The summed E-state index contributed by atoms with van der Waals surface area (Å²) in [6.45, 7) is 0. The van der Waals surface area contributed by atoms with Crippen molar-refractivity contribution in [2.24, 2.45) is 0 Å². The minimum Gasteiger partial charge on any atom is -0.456 e. The summed E-state index contributed by atoms with van der Waals surface area (Å²) in [5.74, 6) is 0.657. The predicted molar refractivity (Wildman–Crippen MR) is 231 cm³/mol. The lowest BCUT2D eigenvalue weighted by Crippen LogP contribution is -1.94. The Balaban J connectivity index is 1.02. The van der Waals surface area contributed by atoms with Crippen LogP contribution in [-0.4, -0.2) is 9.97 Å². The second kappa shape index (κ2) is 12.0. The van der Waals surface area contributed by atoms with Crippen LogP contribution in [0.2, 0.25) is 0 Å². The molecule has 9 aromatic carbocycles. The Bertz CT molecular complexity index is 3510. The summed E-state index contributed by atoms with van der Waals surface area (Å²) in [6.07, 6.45) is 0. The van der Waals surface area contributed by atoms with Crippen molar-refractivity contribution in [1.29, 1.82) is 0 Å². The van der Waals surface area contributed by atoms with Crippen LogP contribution in [0.4, 0.5) is 0 Å². The topological polar surface area (TPSA) is 52.1 Å². The van der Waals surface area contributed by atoms with Crippen molar-refractivity contribution in [3.63, 3.8) is 0 Å². The number of benzene rings is 9. The molecule has 260 valence electrons. The molecule has 3 heterocycles. The molecular formula is C52H30N2O2. The van der Waals surface area contributed by atoms with Gasteiger partial charge in [0.25, 0.3) is 0 Å². The highest BCUT2D eigenvalue weighted by Gasteiger charge is 2.20. The molecule has 4 nitrogen and oxygen atoms in total. The van der Waals surface area contributed by atoms with Gasteiger partial charge in [-0.05, 0) is 97.0 Å². The molecule has 0 saturated carbocycles. The average molecular weight is 715 g/mol. The average Bonchev–Trinajstić information content (AvgIpc) is 3.84. The highest BCUT2D eigenvalue weighted by Crippen LogP contribution is 2.41. The number of hydrogen-bond acceptors (Lipinski definition) is 4. The molecule has 0 aliphatic heterocycles. The first kappa shape index (κ1) is 30.9. The van der Waals surface area contributed by atoms with E-state index in [4.69, 9.17) is 18.8 Å². The molecule has 0 atom stereocenters. The smallest absolute Gasteiger partial charge is 0.180 e. The molecule has 0 radical (unpaired) electrons. The SMILES string of the molecule is c1ccc(-c2nc(-c3cccc(-c4ccc5c6ccccc6c6ccccc6c5c4)c3)c3oc4cc(-c5ccc6c(c5)oc5ccccc56)ccc4c3n2)cc1. The van der Waals surface area contributed by atoms with E-state index in [1.807, 2.05) is 36.4 Å². The van der Waals surface area contributed by atoms with Gasteiger partial charge in [-0.3, -0.25) is 0 Å². The van der Waals surface area contributed by atoms with Gasteiger partial charge in [0.1, 0.15) is 28.0 Å². The Kier molecular flexibility index (Phi) is 6.60. The minimum atomic E-state index is 0.657. The highest BCUT2D eigenvalue weighted by molar-refractivity contribution is 6.25. The third-order valence-corrected chi connectivity index (χ3v) is 11.3. The van der Waals surface area contributed by atoms with Crippen LogP contribution in [0.3, 0.4) is 0 Å². The number of furan rings is 2. The Hall–Kier alpha value is -7.56. The van der Waals surface area contributed by atoms with Crippen LogP contribution in [-0.2, 0) is 0 Å². The zero-order valence-corrected chi connectivity index (χ0v) is 30.0. The molecule has 0 spiro atoms. The van der Waals surface area contributed by atoms with Crippen LogP contribution in [0.15, 0.2) is 191 Å². The van der Waals surface area contributed by atoms with Gasteiger partial charge in [0, 0.05) is 27.3 Å². The predicted octanol–water partition coefficient (Wildman–Crippen LogP) is 14.4. The lowest BCUT2D eigenvalue weighted by molar-refractivity contribution is 0.667. The molecule has 0 fully saturated rings. The van der Waals surface area contributed by atoms with Gasteiger partial charge in [-0.15, -0.1) is 0 Å². The molecule has 0 N–H and O–H groups in total. The number of rotatable bonds is 4. The molecule has 0 saturated heterocycles. The first-order chi connectivity index (χ1) is 27.7. The van der Waals surface area contributed by atoms with Crippen molar-refractivity contribution in [1.82, 2.24) is 9.97 Å². The first-order valence-electron chi connectivity index (χ1n) is 18.9. The normalized spacial score (nSPS) is 11.9. The molecule has 0 unspecified atom stereocenters. The van der Waals surface area contributed by atoms with Crippen molar-refractivity contribution < 1.29 is 8.83 Å². The Labute approximate surface area is 320 Å². The van der Waals surface area contributed by atoms with E-state index in [9.17, 15) is 0 Å². The molecule has 4 heteroatoms. The molecule has 0 aliphatic carbocycles. The number of aromatic nitrogens is 2. The van der Waals surface area contributed by atoms with E-state index in [-0.39, 0.29) is 0 Å². The van der Waals surface area contributed by atoms with Crippen LogP contribution in [0.5, 0.6) is 0 Å². The second-order valence-corrected chi connectivity index (χ2v) is 14.5. The van der Waals surface area contributed by atoms with Gasteiger partial charge in [0.2, 0.25) is 0 Å². The fourth-order valence-electron chi connectivity index (χ4n) is 8.57. The summed E-state index contributed by atoms with van der Waals surface area (Å²) in [4.78, 5) is 10.4. The van der Waals surface area contributed by atoms with Crippen LogP contribution < -0.4 is 0 Å². The van der Waals surface area contributed by atoms with Gasteiger partial charge in [-0.25, -0.2) is 9.97 Å². The van der Waals surface area contributed by atoms with Crippen LogP contribution >= 0.6 is 0 Å². The summed E-state index contributed by atoms with van der Waals surface area (Å²) in [6, 6.07) is 64.0. The Morgan fingerprint density at radius 2 is 0.786 bits per heavy atom. The molecule has 3 aromatic heterocycles. The fourth-order valence-corrected chi connectivity index (χ4v) is 8.57. The summed E-state index contributed by atoms with van der Waals surface area (Å²) >= 11 is 0. The summed E-state index contributed by atoms with van der Waals surface area (Å²) in [5, 5.41) is 10.7. The molecule has 56 heavy (non-hydrogen) atoms. The summed E-state index contributed by atoms with van der Waals surface area (Å²) in [7, 11) is 0. The minimum absolute atomic E-state index is 0.657. The molecule has 0 aliphatic rings. The third-order valence-electron chi connectivity index (χ3n) is 11.3. The lowest BCUT2D eigenvalue weighted by atomic mass is 9.91. The van der Waals surface area contributed by atoms with Crippen LogP contribution in [0.1, 0.15) is 0 Å². The van der Waals surface area contributed by atoms with Gasteiger partial charge in [0.05, 0.1) is 0 Å². The van der Waals surface area contributed by atoms with Crippen molar-refractivity contribution in [2.75, 3.05) is 0 Å². The van der Waals surface area contributed by atoms with Gasteiger partial charge in [-0.2, -0.15) is 0 Å². The van der Waals surface area contributed by atoms with E-state index < -0.39 is 0 Å². The van der Waals surface area contributed by atoms with Crippen LogP contribution in [0, 0.1) is 0 Å². The maximum absolute atomic E-state index is 6.77. The fraction of sp³-hybridized carbons (Fsp3) is 0. The summed E-state index contributed by atoms with van der Waals surface area (Å²) in [5.41, 5.74) is 11.0. The van der Waals surface area contributed by atoms with Crippen molar-refractivity contribution in [2.45, 2.75) is 0 Å². The van der Waals surface area contributed by atoms with Gasteiger partial charge in [-0.1, -0.05) is 140 Å². The van der Waals surface area contributed by atoms with E-state index >= 15 is 0 Å².